The first kappa shape index (κ1) is 11.5. The van der Waals surface area contributed by atoms with Crippen molar-refractivity contribution in [2.24, 2.45) is 35.5 Å². The van der Waals surface area contributed by atoms with Gasteiger partial charge >= 0.3 is 0 Å². The summed E-state index contributed by atoms with van der Waals surface area (Å²) in [5.41, 5.74) is 1.53. The third-order valence-electron chi connectivity index (χ3n) is 6.03. The molecule has 17 heavy (non-hydrogen) atoms. The second-order valence-electron chi connectivity index (χ2n) is 6.54. The molecule has 0 aliphatic heterocycles. The van der Waals surface area contributed by atoms with Gasteiger partial charge in [0.2, 0.25) is 0 Å². The summed E-state index contributed by atoms with van der Waals surface area (Å²) < 4.78 is 0. The van der Waals surface area contributed by atoms with Gasteiger partial charge in [-0.15, -0.1) is 0 Å². The Hall–Kier alpha value is -0.590. The fourth-order valence-electron chi connectivity index (χ4n) is 5.24. The van der Waals surface area contributed by atoms with Gasteiger partial charge in [0.1, 0.15) is 5.78 Å². The Labute approximate surface area is 105 Å². The largest absolute Gasteiger partial charge is 0.300 e. The molecule has 0 heterocycles. The van der Waals surface area contributed by atoms with Crippen molar-refractivity contribution >= 4 is 5.78 Å². The van der Waals surface area contributed by atoms with Crippen molar-refractivity contribution in [3.63, 3.8) is 0 Å². The lowest BCUT2D eigenvalue weighted by molar-refractivity contribution is -0.122. The van der Waals surface area contributed by atoms with Crippen molar-refractivity contribution in [3.05, 3.63) is 12.2 Å². The normalized spacial score (nSPS) is 48.2. The zero-order chi connectivity index (χ0) is 12.2. The maximum atomic E-state index is 11.6. The van der Waals surface area contributed by atoms with Crippen LogP contribution >= 0.6 is 0 Å². The zero-order valence-electron chi connectivity index (χ0n) is 11.1. The summed E-state index contributed by atoms with van der Waals surface area (Å²) >= 11 is 0. The molecule has 2 bridgehead atoms. The molecule has 0 spiro atoms. The fraction of sp³-hybridized carbons (Fsp3) is 0.812. The SMILES string of the molecule is C=C1C2CC(C1CC)C1CCC(C(C)=O)CC21. The van der Waals surface area contributed by atoms with Gasteiger partial charge in [-0.3, -0.25) is 4.79 Å². The maximum Gasteiger partial charge on any atom is 0.132 e. The van der Waals surface area contributed by atoms with E-state index in [0.29, 0.717) is 11.7 Å². The van der Waals surface area contributed by atoms with Crippen LogP contribution in [0.1, 0.15) is 46.0 Å². The van der Waals surface area contributed by atoms with Crippen molar-refractivity contribution in [1.82, 2.24) is 0 Å². The van der Waals surface area contributed by atoms with Crippen LogP contribution in [0.3, 0.4) is 0 Å². The number of fused-ring (bicyclic) bond motifs is 5. The minimum Gasteiger partial charge on any atom is -0.300 e. The van der Waals surface area contributed by atoms with Gasteiger partial charge < -0.3 is 0 Å². The number of carbonyl (C=O) groups excluding carboxylic acids is 1. The monoisotopic (exact) mass is 232 g/mol. The minimum atomic E-state index is 0.364. The van der Waals surface area contributed by atoms with Gasteiger partial charge in [-0.25, -0.2) is 0 Å². The van der Waals surface area contributed by atoms with E-state index >= 15 is 0 Å². The van der Waals surface area contributed by atoms with Gasteiger partial charge in [0, 0.05) is 5.92 Å². The Balaban J connectivity index is 1.80. The third-order valence-corrected chi connectivity index (χ3v) is 6.03. The smallest absolute Gasteiger partial charge is 0.132 e. The number of ketones is 1. The summed E-state index contributed by atoms with van der Waals surface area (Å²) in [6.45, 7) is 8.46. The highest BCUT2D eigenvalue weighted by molar-refractivity contribution is 5.78. The average Bonchev–Trinajstić information content (AvgIpc) is 2.83. The van der Waals surface area contributed by atoms with Gasteiger partial charge in [0.25, 0.3) is 0 Å². The molecule has 1 nitrogen and oxygen atoms in total. The number of allylic oxidation sites excluding steroid dienone is 1. The summed E-state index contributed by atoms with van der Waals surface area (Å²) in [7, 11) is 0. The average molecular weight is 232 g/mol. The van der Waals surface area contributed by atoms with E-state index in [1.54, 1.807) is 6.92 Å². The summed E-state index contributed by atoms with van der Waals surface area (Å²) in [6, 6.07) is 0. The Kier molecular flexibility index (Phi) is 2.68. The van der Waals surface area contributed by atoms with Crippen LogP contribution < -0.4 is 0 Å². The molecular weight excluding hydrogens is 208 g/mol. The van der Waals surface area contributed by atoms with E-state index in [9.17, 15) is 4.79 Å². The first-order valence-electron chi connectivity index (χ1n) is 7.32. The fourth-order valence-corrected chi connectivity index (χ4v) is 5.24. The minimum absolute atomic E-state index is 0.364. The van der Waals surface area contributed by atoms with E-state index in [1.165, 1.54) is 24.8 Å². The van der Waals surface area contributed by atoms with E-state index in [2.05, 4.69) is 13.5 Å². The lowest BCUT2D eigenvalue weighted by atomic mass is 9.62. The topological polar surface area (TPSA) is 17.1 Å². The molecule has 0 saturated heterocycles. The highest BCUT2D eigenvalue weighted by Gasteiger charge is 2.55. The van der Waals surface area contributed by atoms with Gasteiger partial charge in [-0.1, -0.05) is 19.1 Å². The number of rotatable bonds is 2. The molecule has 3 saturated carbocycles. The molecule has 0 aromatic carbocycles. The van der Waals surface area contributed by atoms with E-state index < -0.39 is 0 Å². The van der Waals surface area contributed by atoms with Gasteiger partial charge in [-0.05, 0) is 68.6 Å². The van der Waals surface area contributed by atoms with Crippen LogP contribution in [0.4, 0.5) is 0 Å². The van der Waals surface area contributed by atoms with E-state index in [1.807, 2.05) is 0 Å². The maximum absolute atomic E-state index is 11.6. The molecule has 3 fully saturated rings. The second kappa shape index (κ2) is 3.96. The summed E-state index contributed by atoms with van der Waals surface area (Å²) in [6.07, 6.45) is 6.29. The van der Waals surface area contributed by atoms with Gasteiger partial charge in [-0.2, -0.15) is 0 Å². The van der Waals surface area contributed by atoms with Crippen LogP contribution in [0.15, 0.2) is 12.2 Å². The lowest BCUT2D eigenvalue weighted by Crippen LogP contribution is -2.36. The highest BCUT2D eigenvalue weighted by Crippen LogP contribution is 2.62. The third kappa shape index (κ3) is 1.54. The Morgan fingerprint density at radius 3 is 2.65 bits per heavy atom. The molecule has 0 N–H and O–H groups in total. The summed E-state index contributed by atoms with van der Waals surface area (Å²) in [5.74, 6) is 4.99. The van der Waals surface area contributed by atoms with E-state index in [0.717, 1.165) is 42.4 Å². The quantitative estimate of drug-likeness (QED) is 0.661. The van der Waals surface area contributed by atoms with Crippen LogP contribution in [-0.2, 0) is 4.79 Å². The molecule has 3 aliphatic carbocycles. The molecule has 94 valence electrons. The Morgan fingerprint density at radius 1 is 1.24 bits per heavy atom. The van der Waals surface area contributed by atoms with Crippen LogP contribution in [0, 0.1) is 35.5 Å². The predicted octanol–water partition coefficient (Wildman–Crippen LogP) is 3.84. The predicted molar refractivity (Wildman–Crippen MR) is 69.5 cm³/mol. The standard InChI is InChI=1S/C16H24O/c1-4-12-9(2)14-8-16(12)13-6-5-11(10(3)17)7-15(13)14/h11-16H,2,4-8H2,1,3H3. The first-order chi connectivity index (χ1) is 8.13. The number of carbonyl (C=O) groups is 1. The van der Waals surface area contributed by atoms with Crippen molar-refractivity contribution in [2.45, 2.75) is 46.0 Å². The molecule has 0 radical (unpaired) electrons. The lowest BCUT2D eigenvalue weighted by Gasteiger charge is -2.42. The van der Waals surface area contributed by atoms with Crippen molar-refractivity contribution < 1.29 is 4.79 Å². The highest BCUT2D eigenvalue weighted by atomic mass is 16.1. The first-order valence-corrected chi connectivity index (χ1v) is 7.32. The summed E-state index contributed by atoms with van der Waals surface area (Å²) in [4.78, 5) is 11.6. The summed E-state index contributed by atoms with van der Waals surface area (Å²) in [5, 5.41) is 0. The number of hydrogen-bond acceptors (Lipinski definition) is 1. The van der Waals surface area contributed by atoms with Crippen molar-refractivity contribution in [3.8, 4) is 0 Å². The molecule has 0 amide bonds. The Morgan fingerprint density at radius 2 is 2.00 bits per heavy atom. The molecule has 3 aliphatic rings. The molecule has 6 atom stereocenters. The number of hydrogen-bond donors (Lipinski definition) is 0. The van der Waals surface area contributed by atoms with E-state index in [4.69, 9.17) is 0 Å². The van der Waals surface area contributed by atoms with Crippen LogP contribution in [-0.4, -0.2) is 5.78 Å². The van der Waals surface area contributed by atoms with Crippen LogP contribution in [0.25, 0.3) is 0 Å². The number of Topliss-reactive ketones (excluding diaryl/α,β-unsaturated/α-hetero) is 1. The molecule has 3 rings (SSSR count). The molecule has 1 heteroatoms. The van der Waals surface area contributed by atoms with Crippen LogP contribution in [0.5, 0.6) is 0 Å². The van der Waals surface area contributed by atoms with Crippen molar-refractivity contribution in [2.75, 3.05) is 0 Å². The zero-order valence-corrected chi connectivity index (χ0v) is 11.1. The second-order valence-corrected chi connectivity index (χ2v) is 6.54. The van der Waals surface area contributed by atoms with E-state index in [-0.39, 0.29) is 0 Å². The molecular formula is C16H24O. The van der Waals surface area contributed by atoms with Crippen LogP contribution in [0.2, 0.25) is 0 Å². The molecule has 0 aromatic rings. The van der Waals surface area contributed by atoms with Gasteiger partial charge in [0.15, 0.2) is 0 Å². The molecule has 6 unspecified atom stereocenters. The Bertz CT molecular complexity index is 357. The van der Waals surface area contributed by atoms with Crippen molar-refractivity contribution in [1.29, 1.82) is 0 Å². The van der Waals surface area contributed by atoms with Gasteiger partial charge in [0.05, 0.1) is 0 Å². The molecule has 0 aromatic heterocycles.